The van der Waals surface area contributed by atoms with Crippen molar-refractivity contribution in [3.8, 4) is 0 Å². The van der Waals surface area contributed by atoms with Gasteiger partial charge in [-0.2, -0.15) is 5.10 Å². The summed E-state index contributed by atoms with van der Waals surface area (Å²) < 4.78 is 28.0. The maximum atomic E-state index is 13.1. The zero-order valence-corrected chi connectivity index (χ0v) is 15.5. The number of aromatic nitrogens is 2. The molecule has 1 fully saturated rings. The van der Waals surface area contributed by atoms with E-state index in [4.69, 9.17) is 0 Å². The predicted molar refractivity (Wildman–Crippen MR) is 94.5 cm³/mol. The highest BCUT2D eigenvalue weighted by Crippen LogP contribution is 2.45. The van der Waals surface area contributed by atoms with E-state index in [1.807, 2.05) is 37.3 Å². The molecule has 1 aromatic carbocycles. The van der Waals surface area contributed by atoms with Crippen molar-refractivity contribution in [2.24, 2.45) is 0 Å². The fourth-order valence-electron chi connectivity index (χ4n) is 2.96. The van der Waals surface area contributed by atoms with Crippen molar-refractivity contribution in [1.82, 2.24) is 15.1 Å². The molecule has 0 spiro atoms. The Balaban J connectivity index is 1.75. The predicted octanol–water partition coefficient (Wildman–Crippen LogP) is 4.73. The number of hydrogen-bond donors (Lipinski definition) is 1. The minimum atomic E-state index is -2.66. The van der Waals surface area contributed by atoms with E-state index in [1.54, 1.807) is 0 Å². The number of amides is 1. The molecule has 1 atom stereocenters. The van der Waals surface area contributed by atoms with Crippen LogP contribution >= 0.6 is 15.9 Å². The van der Waals surface area contributed by atoms with Gasteiger partial charge in [-0.1, -0.05) is 37.3 Å². The fourth-order valence-corrected chi connectivity index (χ4v) is 3.74. The van der Waals surface area contributed by atoms with Crippen molar-refractivity contribution in [2.75, 3.05) is 0 Å². The third kappa shape index (κ3) is 4.08. The van der Waals surface area contributed by atoms with Gasteiger partial charge < -0.3 is 5.32 Å². The first kappa shape index (κ1) is 18.0. The molecule has 2 aromatic rings. The zero-order chi connectivity index (χ0) is 18.0. The number of hydrogen-bond acceptors (Lipinski definition) is 2. The Morgan fingerprint density at radius 3 is 2.60 bits per heavy atom. The van der Waals surface area contributed by atoms with Gasteiger partial charge in [-0.3, -0.25) is 9.48 Å². The molecule has 1 N–H and O–H groups in total. The van der Waals surface area contributed by atoms with E-state index in [9.17, 15) is 13.6 Å². The lowest BCUT2D eigenvalue weighted by Gasteiger charge is -2.18. The third-order valence-electron chi connectivity index (χ3n) is 4.37. The van der Waals surface area contributed by atoms with Gasteiger partial charge in [0.1, 0.15) is 12.2 Å². The summed E-state index contributed by atoms with van der Waals surface area (Å²) in [6.45, 7) is 1.94. The number of rotatable bonds is 7. The van der Waals surface area contributed by atoms with Gasteiger partial charge in [0.05, 0.1) is 16.2 Å². The molecule has 0 saturated heterocycles. The van der Waals surface area contributed by atoms with E-state index in [-0.39, 0.29) is 30.1 Å². The van der Waals surface area contributed by atoms with Crippen molar-refractivity contribution >= 4 is 21.8 Å². The number of halogens is 3. The van der Waals surface area contributed by atoms with Crippen LogP contribution in [0, 0.1) is 0 Å². The number of nitrogens with one attached hydrogen (secondary N) is 1. The molecule has 1 aromatic heterocycles. The number of carbonyl (C=O) groups is 1. The van der Waals surface area contributed by atoms with Gasteiger partial charge in [0.25, 0.3) is 6.43 Å². The first-order valence-electron chi connectivity index (χ1n) is 8.39. The van der Waals surface area contributed by atoms with Crippen LogP contribution in [0.5, 0.6) is 0 Å². The van der Waals surface area contributed by atoms with E-state index in [1.165, 1.54) is 4.68 Å². The van der Waals surface area contributed by atoms with E-state index in [0.29, 0.717) is 10.2 Å². The summed E-state index contributed by atoms with van der Waals surface area (Å²) in [4.78, 5) is 12.5. The largest absolute Gasteiger partial charge is 0.348 e. The van der Waals surface area contributed by atoms with Gasteiger partial charge >= 0.3 is 0 Å². The van der Waals surface area contributed by atoms with Crippen LogP contribution in [0.4, 0.5) is 8.78 Å². The summed E-state index contributed by atoms with van der Waals surface area (Å²) in [5, 5.41) is 6.95. The van der Waals surface area contributed by atoms with E-state index in [2.05, 4.69) is 26.3 Å². The molecule has 7 heteroatoms. The Kier molecular flexibility index (Phi) is 5.51. The van der Waals surface area contributed by atoms with Crippen LogP contribution in [0.25, 0.3) is 0 Å². The lowest BCUT2D eigenvalue weighted by atomic mass is 10.0. The Bertz CT molecular complexity index is 744. The monoisotopic (exact) mass is 411 g/mol. The Morgan fingerprint density at radius 1 is 1.36 bits per heavy atom. The van der Waals surface area contributed by atoms with Gasteiger partial charge in [0, 0.05) is 5.92 Å². The molecular weight excluding hydrogens is 392 g/mol. The summed E-state index contributed by atoms with van der Waals surface area (Å²) in [6, 6.07) is 9.59. The Labute approximate surface area is 153 Å². The second kappa shape index (κ2) is 7.64. The minimum absolute atomic E-state index is 0.0551. The van der Waals surface area contributed by atoms with Crippen LogP contribution in [0.15, 0.2) is 34.8 Å². The van der Waals surface area contributed by atoms with E-state index in [0.717, 1.165) is 24.8 Å². The lowest BCUT2D eigenvalue weighted by Crippen LogP contribution is -2.32. The summed E-state index contributed by atoms with van der Waals surface area (Å²) in [7, 11) is 0. The minimum Gasteiger partial charge on any atom is -0.348 e. The van der Waals surface area contributed by atoms with Crippen molar-refractivity contribution in [3.05, 3.63) is 51.8 Å². The summed E-state index contributed by atoms with van der Waals surface area (Å²) >= 11 is 3.24. The Hall–Kier alpha value is -1.76. The first-order chi connectivity index (χ1) is 12.0. The highest BCUT2D eigenvalue weighted by molar-refractivity contribution is 9.10. The first-order valence-corrected chi connectivity index (χ1v) is 9.19. The van der Waals surface area contributed by atoms with Crippen LogP contribution in [-0.2, 0) is 11.3 Å². The lowest BCUT2D eigenvalue weighted by molar-refractivity contribution is -0.122. The molecule has 1 unspecified atom stereocenters. The molecule has 3 rings (SSSR count). The summed E-state index contributed by atoms with van der Waals surface area (Å²) in [6.07, 6.45) is -0.0354. The van der Waals surface area contributed by atoms with Gasteiger partial charge in [0.2, 0.25) is 5.91 Å². The number of carbonyl (C=O) groups excluding carboxylic acids is 1. The topological polar surface area (TPSA) is 46.9 Å². The SMILES string of the molecule is CCC(NC(=O)Cn1nc(C(F)F)c(Br)c1C1CC1)c1ccccc1. The van der Waals surface area contributed by atoms with Crippen LogP contribution < -0.4 is 5.32 Å². The molecule has 1 heterocycles. The maximum Gasteiger partial charge on any atom is 0.283 e. The molecule has 1 amide bonds. The molecule has 4 nitrogen and oxygen atoms in total. The normalized spacial score (nSPS) is 15.4. The van der Waals surface area contributed by atoms with Crippen molar-refractivity contribution < 1.29 is 13.6 Å². The van der Waals surface area contributed by atoms with Crippen LogP contribution in [0.1, 0.15) is 61.5 Å². The van der Waals surface area contributed by atoms with Gasteiger partial charge in [-0.15, -0.1) is 0 Å². The standard InChI is InChI=1S/C18H20BrF2N3O/c1-2-13(11-6-4-3-5-7-11)22-14(25)10-24-17(12-8-9-12)15(19)16(23-24)18(20)21/h3-7,12-13,18H,2,8-10H2,1H3,(H,22,25). The Morgan fingerprint density at radius 2 is 2.04 bits per heavy atom. The molecular formula is C18H20BrF2N3O. The van der Waals surface area contributed by atoms with Crippen molar-refractivity contribution in [3.63, 3.8) is 0 Å². The van der Waals surface area contributed by atoms with Crippen LogP contribution in [0.2, 0.25) is 0 Å². The molecule has 134 valence electrons. The summed E-state index contributed by atoms with van der Waals surface area (Å²) in [5.74, 6) is -0.0216. The third-order valence-corrected chi connectivity index (χ3v) is 5.18. The second-order valence-electron chi connectivity index (χ2n) is 6.26. The number of benzene rings is 1. The smallest absolute Gasteiger partial charge is 0.283 e. The average molecular weight is 412 g/mol. The maximum absolute atomic E-state index is 13.1. The quantitative estimate of drug-likeness (QED) is 0.715. The van der Waals surface area contributed by atoms with Gasteiger partial charge in [0.15, 0.2) is 0 Å². The van der Waals surface area contributed by atoms with Crippen LogP contribution in [0.3, 0.4) is 0 Å². The molecule has 1 aliphatic carbocycles. The van der Waals surface area contributed by atoms with Gasteiger partial charge in [-0.05, 0) is 40.8 Å². The molecule has 0 aliphatic heterocycles. The van der Waals surface area contributed by atoms with Crippen molar-refractivity contribution in [2.45, 2.75) is 51.1 Å². The molecule has 25 heavy (non-hydrogen) atoms. The highest BCUT2D eigenvalue weighted by atomic mass is 79.9. The highest BCUT2D eigenvalue weighted by Gasteiger charge is 2.34. The molecule has 0 radical (unpaired) electrons. The van der Waals surface area contributed by atoms with E-state index >= 15 is 0 Å². The van der Waals surface area contributed by atoms with Crippen LogP contribution in [-0.4, -0.2) is 15.7 Å². The molecule has 1 saturated carbocycles. The zero-order valence-electron chi connectivity index (χ0n) is 13.9. The number of nitrogens with zero attached hydrogens (tertiary/aromatic N) is 2. The van der Waals surface area contributed by atoms with Gasteiger partial charge in [-0.25, -0.2) is 8.78 Å². The molecule has 1 aliphatic rings. The number of alkyl halides is 2. The van der Waals surface area contributed by atoms with E-state index < -0.39 is 6.43 Å². The second-order valence-corrected chi connectivity index (χ2v) is 7.05. The van der Waals surface area contributed by atoms with Crippen molar-refractivity contribution in [1.29, 1.82) is 0 Å². The fraction of sp³-hybridized carbons (Fsp3) is 0.444. The molecule has 0 bridgehead atoms. The summed E-state index contributed by atoms with van der Waals surface area (Å²) in [5.41, 5.74) is 1.44. The average Bonchev–Trinajstić information content (AvgIpc) is 3.37.